The molecule has 0 unspecified atom stereocenters. The summed E-state index contributed by atoms with van der Waals surface area (Å²) in [4.78, 5) is 8.89. The summed E-state index contributed by atoms with van der Waals surface area (Å²) in [6, 6.07) is 6.75. The number of thiophene rings is 1. The minimum atomic E-state index is -3.61. The van der Waals surface area contributed by atoms with Crippen molar-refractivity contribution in [3.8, 4) is 0 Å². The van der Waals surface area contributed by atoms with Crippen molar-refractivity contribution in [3.63, 3.8) is 0 Å². The monoisotopic (exact) mass is 384 g/mol. The van der Waals surface area contributed by atoms with Crippen molar-refractivity contribution in [3.05, 3.63) is 40.6 Å². The van der Waals surface area contributed by atoms with Crippen LogP contribution in [0.1, 0.15) is 19.7 Å². The second-order valence-electron chi connectivity index (χ2n) is 5.76. The highest BCUT2D eigenvalue weighted by molar-refractivity contribution is 7.91. The molecule has 3 aromatic rings. The Labute approximate surface area is 149 Å². The molecule has 1 N–H and O–H groups in total. The number of nitrogens with zero attached hydrogens (tertiary/aromatic N) is 3. The maximum Gasteiger partial charge on any atom is 0.250 e. The number of nitrogens with one attached hydrogen (secondary N) is 1. The van der Waals surface area contributed by atoms with Gasteiger partial charge in [-0.25, -0.2) is 23.1 Å². The smallest absolute Gasteiger partial charge is 0.250 e. The highest BCUT2D eigenvalue weighted by Gasteiger charge is 2.19. The van der Waals surface area contributed by atoms with Crippen LogP contribution in [0.3, 0.4) is 0 Å². The Morgan fingerprint density at radius 2 is 2.12 bits per heavy atom. The summed E-state index contributed by atoms with van der Waals surface area (Å²) >= 11 is 6.85. The lowest BCUT2D eigenvalue weighted by Gasteiger charge is -2.11. The van der Waals surface area contributed by atoms with E-state index in [4.69, 9.17) is 11.6 Å². The van der Waals surface area contributed by atoms with Gasteiger partial charge < -0.3 is 4.57 Å². The highest BCUT2D eigenvalue weighted by atomic mass is 35.5. The van der Waals surface area contributed by atoms with Crippen LogP contribution in [0, 0.1) is 5.92 Å². The average Bonchev–Trinajstić information content (AvgIpc) is 3.10. The molecule has 0 spiro atoms. The molecule has 0 aromatic carbocycles. The van der Waals surface area contributed by atoms with Crippen LogP contribution in [0.2, 0.25) is 4.34 Å². The standard InChI is InChI=1S/C15H17ClN4O2S2/c1-10(2)9-20-13(19-11-4-3-7-17-15(11)20)8-18-24(21,22)14-6-5-12(16)23-14/h3-7,10,18H,8-9H2,1-2H3. The molecule has 3 heterocycles. The first-order chi connectivity index (χ1) is 11.4. The SMILES string of the molecule is CC(C)Cn1c(CNS(=O)(=O)c2ccc(Cl)s2)nc2cccnc21. The van der Waals surface area contributed by atoms with Crippen molar-refractivity contribution >= 4 is 44.1 Å². The Kier molecular flexibility index (Phi) is 4.91. The van der Waals surface area contributed by atoms with E-state index in [-0.39, 0.29) is 10.8 Å². The third-order valence-electron chi connectivity index (χ3n) is 3.36. The first-order valence-electron chi connectivity index (χ1n) is 7.42. The molecule has 0 aliphatic carbocycles. The molecule has 0 amide bonds. The summed E-state index contributed by atoms with van der Waals surface area (Å²) in [5.41, 5.74) is 1.52. The van der Waals surface area contributed by atoms with Crippen molar-refractivity contribution in [1.82, 2.24) is 19.3 Å². The Balaban J connectivity index is 1.89. The fraction of sp³-hybridized carbons (Fsp3) is 0.333. The molecular formula is C15H17ClN4O2S2. The molecular weight excluding hydrogens is 368 g/mol. The number of halogens is 1. The van der Waals surface area contributed by atoms with Crippen LogP contribution in [0.4, 0.5) is 0 Å². The summed E-state index contributed by atoms with van der Waals surface area (Å²) in [5, 5.41) is 0. The van der Waals surface area contributed by atoms with Gasteiger partial charge >= 0.3 is 0 Å². The summed E-state index contributed by atoms with van der Waals surface area (Å²) in [6.45, 7) is 5.00. The zero-order valence-electron chi connectivity index (χ0n) is 13.2. The zero-order valence-corrected chi connectivity index (χ0v) is 15.6. The fourth-order valence-electron chi connectivity index (χ4n) is 2.37. The van der Waals surface area contributed by atoms with Gasteiger partial charge in [0.2, 0.25) is 0 Å². The van der Waals surface area contributed by atoms with Crippen molar-refractivity contribution in [2.75, 3.05) is 0 Å². The lowest BCUT2D eigenvalue weighted by Crippen LogP contribution is -2.25. The van der Waals surface area contributed by atoms with E-state index >= 15 is 0 Å². The van der Waals surface area contributed by atoms with Crippen LogP contribution in [-0.4, -0.2) is 23.0 Å². The van der Waals surface area contributed by atoms with E-state index in [9.17, 15) is 8.42 Å². The number of rotatable bonds is 6. The summed E-state index contributed by atoms with van der Waals surface area (Å²) in [6.07, 6.45) is 1.71. The molecule has 0 saturated carbocycles. The molecule has 128 valence electrons. The molecule has 3 rings (SSSR count). The number of sulfonamides is 1. The predicted molar refractivity (Wildman–Crippen MR) is 95.7 cm³/mol. The van der Waals surface area contributed by atoms with Gasteiger partial charge in [-0.1, -0.05) is 25.4 Å². The molecule has 9 heteroatoms. The maximum absolute atomic E-state index is 12.4. The van der Waals surface area contributed by atoms with Gasteiger partial charge in [0.05, 0.1) is 10.9 Å². The van der Waals surface area contributed by atoms with Crippen LogP contribution in [0.25, 0.3) is 11.2 Å². The van der Waals surface area contributed by atoms with E-state index in [1.807, 2.05) is 16.7 Å². The second kappa shape index (κ2) is 6.79. The van der Waals surface area contributed by atoms with Gasteiger partial charge in [0, 0.05) is 12.7 Å². The van der Waals surface area contributed by atoms with Gasteiger partial charge in [-0.05, 0) is 30.2 Å². The first-order valence-corrected chi connectivity index (χ1v) is 10.1. The summed E-state index contributed by atoms with van der Waals surface area (Å²) in [7, 11) is -3.61. The minimum Gasteiger partial charge on any atom is -0.311 e. The molecule has 0 fully saturated rings. The predicted octanol–water partition coefficient (Wildman–Crippen LogP) is 3.28. The van der Waals surface area contributed by atoms with E-state index in [2.05, 4.69) is 28.5 Å². The van der Waals surface area contributed by atoms with Crippen LogP contribution >= 0.6 is 22.9 Å². The number of hydrogen-bond acceptors (Lipinski definition) is 5. The number of fused-ring (bicyclic) bond motifs is 1. The fourth-order valence-corrected chi connectivity index (χ4v) is 4.88. The highest BCUT2D eigenvalue weighted by Crippen LogP contribution is 2.25. The summed E-state index contributed by atoms with van der Waals surface area (Å²) in [5.74, 6) is 1.03. The summed E-state index contributed by atoms with van der Waals surface area (Å²) < 4.78 is 29.9. The van der Waals surface area contributed by atoms with Crippen molar-refractivity contribution < 1.29 is 8.42 Å². The molecule has 0 radical (unpaired) electrons. The largest absolute Gasteiger partial charge is 0.311 e. The van der Waals surface area contributed by atoms with Crippen LogP contribution < -0.4 is 4.72 Å². The van der Waals surface area contributed by atoms with Crippen LogP contribution in [0.5, 0.6) is 0 Å². The Hall–Kier alpha value is -1.48. The molecule has 0 atom stereocenters. The number of hydrogen-bond donors (Lipinski definition) is 1. The van der Waals surface area contributed by atoms with Gasteiger partial charge in [-0.15, -0.1) is 11.3 Å². The number of aromatic nitrogens is 3. The van der Waals surface area contributed by atoms with E-state index in [0.29, 0.717) is 16.1 Å². The third kappa shape index (κ3) is 3.61. The molecule has 0 bridgehead atoms. The molecule has 24 heavy (non-hydrogen) atoms. The van der Waals surface area contributed by atoms with Gasteiger partial charge in [-0.3, -0.25) is 0 Å². The normalized spacial score (nSPS) is 12.3. The molecule has 6 nitrogen and oxygen atoms in total. The number of imidazole rings is 1. The van der Waals surface area contributed by atoms with Gasteiger partial charge in [-0.2, -0.15) is 0 Å². The molecule has 0 aliphatic rings. The van der Waals surface area contributed by atoms with E-state index in [0.717, 1.165) is 29.0 Å². The minimum absolute atomic E-state index is 0.0981. The molecule has 0 saturated heterocycles. The zero-order chi connectivity index (χ0) is 17.3. The lowest BCUT2D eigenvalue weighted by atomic mass is 10.2. The van der Waals surface area contributed by atoms with Crippen molar-refractivity contribution in [1.29, 1.82) is 0 Å². The Bertz CT molecular complexity index is 963. The average molecular weight is 385 g/mol. The van der Waals surface area contributed by atoms with Gasteiger partial charge in [0.1, 0.15) is 15.6 Å². The van der Waals surface area contributed by atoms with Crippen LogP contribution in [-0.2, 0) is 23.1 Å². The molecule has 3 aromatic heterocycles. The molecule has 0 aliphatic heterocycles. The van der Waals surface area contributed by atoms with Gasteiger partial charge in [0.25, 0.3) is 10.0 Å². The van der Waals surface area contributed by atoms with Gasteiger partial charge in [0.15, 0.2) is 5.65 Å². The lowest BCUT2D eigenvalue weighted by molar-refractivity contribution is 0.510. The first kappa shape index (κ1) is 17.3. The Morgan fingerprint density at radius 3 is 2.79 bits per heavy atom. The van der Waals surface area contributed by atoms with E-state index in [1.165, 1.54) is 6.07 Å². The van der Waals surface area contributed by atoms with E-state index < -0.39 is 10.0 Å². The maximum atomic E-state index is 12.4. The quantitative estimate of drug-likeness (QED) is 0.707. The van der Waals surface area contributed by atoms with Crippen LogP contribution in [0.15, 0.2) is 34.7 Å². The van der Waals surface area contributed by atoms with E-state index in [1.54, 1.807) is 12.3 Å². The third-order valence-corrected chi connectivity index (χ3v) is 6.49. The Morgan fingerprint density at radius 1 is 1.33 bits per heavy atom. The second-order valence-corrected chi connectivity index (χ2v) is 9.47. The van der Waals surface area contributed by atoms with Crippen molar-refractivity contribution in [2.45, 2.75) is 31.1 Å². The van der Waals surface area contributed by atoms with Crippen molar-refractivity contribution in [2.24, 2.45) is 5.92 Å². The number of pyridine rings is 1. The topological polar surface area (TPSA) is 76.9 Å².